The summed E-state index contributed by atoms with van der Waals surface area (Å²) in [5, 5.41) is 0. The summed E-state index contributed by atoms with van der Waals surface area (Å²) < 4.78 is 0. The number of aromatic nitrogens is 1. The van der Waals surface area contributed by atoms with Crippen molar-refractivity contribution in [2.24, 2.45) is 5.73 Å². The molecule has 2 rings (SSSR count). The number of anilines is 1. The molecule has 3 nitrogen and oxygen atoms in total. The monoisotopic (exact) mass is 263 g/mol. The molecule has 16 heavy (non-hydrogen) atoms. The quantitative estimate of drug-likeness (QED) is 0.845. The van der Waals surface area contributed by atoms with Gasteiger partial charge < -0.3 is 10.6 Å². The molecule has 1 saturated heterocycles. The molecule has 1 aromatic rings. The molecular formula is C11H19Cl2N3. The highest BCUT2D eigenvalue weighted by Gasteiger charge is 2.16. The molecule has 0 saturated carbocycles. The van der Waals surface area contributed by atoms with Crippen LogP contribution in [0.4, 0.5) is 5.82 Å². The second-order valence-corrected chi connectivity index (χ2v) is 4.02. The zero-order chi connectivity index (χ0) is 9.97. The maximum atomic E-state index is 5.86. The lowest BCUT2D eigenvalue weighted by atomic mass is 10.1. The lowest BCUT2D eigenvalue weighted by Gasteiger charge is -2.31. The van der Waals surface area contributed by atoms with Crippen LogP contribution < -0.4 is 10.6 Å². The molecule has 92 valence electrons. The Morgan fingerprint density at radius 3 is 2.50 bits per heavy atom. The van der Waals surface area contributed by atoms with Gasteiger partial charge in [0, 0.05) is 25.3 Å². The van der Waals surface area contributed by atoms with E-state index in [1.54, 1.807) is 0 Å². The molecule has 5 heteroatoms. The third-order valence-corrected chi connectivity index (χ3v) is 2.76. The Balaban J connectivity index is 0.00000112. The van der Waals surface area contributed by atoms with Crippen LogP contribution in [-0.2, 0) is 0 Å². The van der Waals surface area contributed by atoms with Crippen molar-refractivity contribution in [1.82, 2.24) is 4.98 Å². The standard InChI is InChI=1S/C11H17N3.2ClH/c1-9-2-5-13-11(8-9)14-6-3-10(12)4-7-14;;/h2,5,8,10H,3-4,6-7,12H2,1H3;2*1H. The summed E-state index contributed by atoms with van der Waals surface area (Å²) in [6.07, 6.45) is 4.03. The molecule has 1 aliphatic heterocycles. The fourth-order valence-electron chi connectivity index (χ4n) is 1.82. The highest BCUT2D eigenvalue weighted by molar-refractivity contribution is 5.85. The number of rotatable bonds is 1. The molecule has 0 spiro atoms. The maximum absolute atomic E-state index is 5.86. The van der Waals surface area contributed by atoms with Gasteiger partial charge in [0.2, 0.25) is 0 Å². The van der Waals surface area contributed by atoms with Gasteiger partial charge in [0.1, 0.15) is 5.82 Å². The average molecular weight is 264 g/mol. The first-order valence-electron chi connectivity index (χ1n) is 5.19. The van der Waals surface area contributed by atoms with E-state index >= 15 is 0 Å². The van der Waals surface area contributed by atoms with Crippen molar-refractivity contribution in [1.29, 1.82) is 0 Å². The molecule has 0 aliphatic carbocycles. The van der Waals surface area contributed by atoms with Crippen LogP contribution >= 0.6 is 24.8 Å². The Bertz CT molecular complexity index is 312. The number of piperidine rings is 1. The van der Waals surface area contributed by atoms with Gasteiger partial charge in [-0.05, 0) is 37.5 Å². The molecule has 1 aliphatic rings. The molecule has 1 fully saturated rings. The van der Waals surface area contributed by atoms with E-state index in [0.717, 1.165) is 31.7 Å². The van der Waals surface area contributed by atoms with Gasteiger partial charge in [-0.3, -0.25) is 0 Å². The van der Waals surface area contributed by atoms with Crippen molar-refractivity contribution in [3.63, 3.8) is 0 Å². The topological polar surface area (TPSA) is 42.2 Å². The van der Waals surface area contributed by atoms with E-state index in [0.29, 0.717) is 6.04 Å². The van der Waals surface area contributed by atoms with Gasteiger partial charge in [-0.1, -0.05) is 0 Å². The van der Waals surface area contributed by atoms with Gasteiger partial charge in [-0.2, -0.15) is 0 Å². The number of nitrogens with zero attached hydrogens (tertiary/aromatic N) is 2. The molecule has 2 N–H and O–H groups in total. The lowest BCUT2D eigenvalue weighted by molar-refractivity contribution is 0.498. The summed E-state index contributed by atoms with van der Waals surface area (Å²) in [6, 6.07) is 4.55. The Morgan fingerprint density at radius 2 is 1.94 bits per heavy atom. The molecule has 2 heterocycles. The van der Waals surface area contributed by atoms with E-state index in [9.17, 15) is 0 Å². The molecule has 0 aromatic carbocycles. The summed E-state index contributed by atoms with van der Waals surface area (Å²) in [7, 11) is 0. The summed E-state index contributed by atoms with van der Waals surface area (Å²) in [5.74, 6) is 1.09. The smallest absolute Gasteiger partial charge is 0.128 e. The molecular weight excluding hydrogens is 245 g/mol. The largest absolute Gasteiger partial charge is 0.356 e. The van der Waals surface area contributed by atoms with Crippen LogP contribution in [-0.4, -0.2) is 24.1 Å². The molecule has 0 radical (unpaired) electrons. The van der Waals surface area contributed by atoms with Crippen molar-refractivity contribution >= 4 is 30.6 Å². The zero-order valence-electron chi connectivity index (χ0n) is 9.43. The van der Waals surface area contributed by atoms with Gasteiger partial charge in [0.15, 0.2) is 0 Å². The number of aryl methyl sites for hydroxylation is 1. The molecule has 0 atom stereocenters. The number of halogens is 2. The van der Waals surface area contributed by atoms with E-state index < -0.39 is 0 Å². The van der Waals surface area contributed by atoms with Gasteiger partial charge in [0.25, 0.3) is 0 Å². The van der Waals surface area contributed by atoms with Crippen molar-refractivity contribution in [2.45, 2.75) is 25.8 Å². The van der Waals surface area contributed by atoms with Crippen LogP contribution in [0.15, 0.2) is 18.3 Å². The van der Waals surface area contributed by atoms with Crippen LogP contribution in [0, 0.1) is 6.92 Å². The Labute approximate surface area is 109 Å². The summed E-state index contributed by atoms with van der Waals surface area (Å²) in [4.78, 5) is 6.69. The van der Waals surface area contributed by atoms with Crippen LogP contribution in [0.1, 0.15) is 18.4 Å². The summed E-state index contributed by atoms with van der Waals surface area (Å²) >= 11 is 0. The predicted octanol–water partition coefficient (Wildman–Crippen LogP) is 2.16. The zero-order valence-corrected chi connectivity index (χ0v) is 11.1. The normalized spacial score (nSPS) is 16.2. The minimum Gasteiger partial charge on any atom is -0.356 e. The maximum Gasteiger partial charge on any atom is 0.128 e. The fourth-order valence-corrected chi connectivity index (χ4v) is 1.82. The van der Waals surface area contributed by atoms with Crippen LogP contribution in [0.25, 0.3) is 0 Å². The first kappa shape index (κ1) is 15.5. The van der Waals surface area contributed by atoms with Gasteiger partial charge in [0.05, 0.1) is 0 Å². The SMILES string of the molecule is Cc1ccnc(N2CCC(N)CC2)c1.Cl.Cl. The van der Waals surface area contributed by atoms with Gasteiger partial charge in [-0.25, -0.2) is 4.98 Å². The van der Waals surface area contributed by atoms with Crippen LogP contribution in [0.5, 0.6) is 0 Å². The molecule has 0 unspecified atom stereocenters. The number of pyridine rings is 1. The van der Waals surface area contributed by atoms with Gasteiger partial charge >= 0.3 is 0 Å². The minimum absolute atomic E-state index is 0. The Morgan fingerprint density at radius 1 is 1.31 bits per heavy atom. The molecule has 1 aromatic heterocycles. The number of hydrogen-bond acceptors (Lipinski definition) is 3. The number of nitrogens with two attached hydrogens (primary N) is 1. The van der Waals surface area contributed by atoms with E-state index in [1.807, 2.05) is 12.3 Å². The molecule has 0 bridgehead atoms. The van der Waals surface area contributed by atoms with Crippen molar-refractivity contribution in [3.05, 3.63) is 23.9 Å². The second-order valence-electron chi connectivity index (χ2n) is 4.02. The molecule has 0 amide bonds. The van der Waals surface area contributed by atoms with Crippen molar-refractivity contribution in [3.8, 4) is 0 Å². The second kappa shape index (κ2) is 6.94. The summed E-state index contributed by atoms with van der Waals surface area (Å²) in [5.41, 5.74) is 7.13. The lowest BCUT2D eigenvalue weighted by Crippen LogP contribution is -2.40. The predicted molar refractivity (Wildman–Crippen MR) is 72.9 cm³/mol. The highest BCUT2D eigenvalue weighted by atomic mass is 35.5. The minimum atomic E-state index is 0. The first-order valence-corrected chi connectivity index (χ1v) is 5.19. The van der Waals surface area contributed by atoms with Gasteiger partial charge in [-0.15, -0.1) is 24.8 Å². The fraction of sp³-hybridized carbons (Fsp3) is 0.545. The van der Waals surface area contributed by atoms with E-state index in [2.05, 4.69) is 22.9 Å². The van der Waals surface area contributed by atoms with E-state index in [1.165, 1.54) is 5.56 Å². The summed E-state index contributed by atoms with van der Waals surface area (Å²) in [6.45, 7) is 4.18. The number of hydrogen-bond donors (Lipinski definition) is 1. The van der Waals surface area contributed by atoms with Crippen LogP contribution in [0.2, 0.25) is 0 Å². The first-order chi connectivity index (χ1) is 6.75. The van der Waals surface area contributed by atoms with Crippen LogP contribution in [0.3, 0.4) is 0 Å². The third kappa shape index (κ3) is 3.81. The third-order valence-electron chi connectivity index (χ3n) is 2.76. The average Bonchev–Trinajstić information content (AvgIpc) is 2.19. The van der Waals surface area contributed by atoms with E-state index in [-0.39, 0.29) is 24.8 Å². The highest BCUT2D eigenvalue weighted by Crippen LogP contribution is 2.17. The van der Waals surface area contributed by atoms with E-state index in [4.69, 9.17) is 5.73 Å². The van der Waals surface area contributed by atoms with Crippen molar-refractivity contribution < 1.29 is 0 Å². The Kier molecular flexibility index (Phi) is 6.72. The van der Waals surface area contributed by atoms with Crippen molar-refractivity contribution in [2.75, 3.05) is 18.0 Å². The Hall–Kier alpha value is -0.510.